The Morgan fingerprint density at radius 1 is 1.39 bits per heavy atom. The van der Waals surface area contributed by atoms with Gasteiger partial charge in [-0.3, -0.25) is 4.90 Å². The number of carbonyl (C=O) groups excluding carboxylic acids is 1. The Balaban J connectivity index is 1.96. The summed E-state index contributed by atoms with van der Waals surface area (Å²) in [7, 11) is 0. The molecule has 0 unspecified atom stereocenters. The molecule has 2 aliphatic heterocycles. The molecule has 18 heavy (non-hydrogen) atoms. The van der Waals surface area contributed by atoms with Crippen molar-refractivity contribution in [3.63, 3.8) is 0 Å². The van der Waals surface area contributed by atoms with Gasteiger partial charge in [0.25, 0.3) is 0 Å². The van der Waals surface area contributed by atoms with Crippen LogP contribution in [0.15, 0.2) is 12.4 Å². The monoisotopic (exact) mass is 247 g/mol. The highest BCUT2D eigenvalue weighted by molar-refractivity contribution is 5.69. The highest BCUT2D eigenvalue weighted by Crippen LogP contribution is 2.42. The van der Waals surface area contributed by atoms with E-state index in [1.54, 1.807) is 6.20 Å². The lowest BCUT2D eigenvalue weighted by atomic mass is 9.96. The molecule has 0 spiro atoms. The molecule has 3 rings (SSSR count). The van der Waals surface area contributed by atoms with Crippen LogP contribution >= 0.6 is 0 Å². The summed E-state index contributed by atoms with van der Waals surface area (Å²) >= 11 is 0. The Kier molecular flexibility index (Phi) is 2.89. The van der Waals surface area contributed by atoms with Crippen molar-refractivity contribution in [3.8, 4) is 0 Å². The fraction of sp³-hybridized carbons (Fsp3) is 0.615. The van der Waals surface area contributed by atoms with Crippen molar-refractivity contribution >= 4 is 6.09 Å². The molecule has 1 fully saturated rings. The van der Waals surface area contributed by atoms with Gasteiger partial charge in [-0.15, -0.1) is 0 Å². The standard InChI is InChI=1S/C13H17N3O2/c1-2-18-13(17)16-10-4-3-9-7-14-15-8-11(9)12(16)6-5-10/h7-8,10,12H,2-6H2,1H3/t10-,12-/m1/s1. The number of rotatable bonds is 1. The van der Waals surface area contributed by atoms with Crippen molar-refractivity contribution in [1.29, 1.82) is 0 Å². The zero-order valence-corrected chi connectivity index (χ0v) is 10.5. The van der Waals surface area contributed by atoms with Crippen LogP contribution < -0.4 is 0 Å². The molecule has 5 heteroatoms. The van der Waals surface area contributed by atoms with E-state index in [4.69, 9.17) is 4.74 Å². The van der Waals surface area contributed by atoms with Gasteiger partial charge in [0.05, 0.1) is 25.0 Å². The number of amides is 1. The molecule has 2 aliphatic rings. The average Bonchev–Trinajstić information content (AvgIpc) is 2.71. The molecule has 1 saturated heterocycles. The Labute approximate surface area is 106 Å². The van der Waals surface area contributed by atoms with Gasteiger partial charge in [0.15, 0.2) is 0 Å². The summed E-state index contributed by atoms with van der Waals surface area (Å²) in [6, 6.07) is 0.434. The van der Waals surface area contributed by atoms with Crippen molar-refractivity contribution < 1.29 is 9.53 Å². The van der Waals surface area contributed by atoms with E-state index in [0.717, 1.165) is 31.2 Å². The second-order valence-electron chi connectivity index (χ2n) is 4.86. The first kappa shape index (κ1) is 11.4. The molecule has 3 heterocycles. The maximum absolute atomic E-state index is 12.1. The summed E-state index contributed by atoms with van der Waals surface area (Å²) in [5.74, 6) is 0. The largest absolute Gasteiger partial charge is 0.450 e. The number of nitrogens with zero attached hydrogens (tertiary/aromatic N) is 3. The predicted molar refractivity (Wildman–Crippen MR) is 65.0 cm³/mol. The molecule has 0 radical (unpaired) electrons. The predicted octanol–water partition coefficient (Wildman–Crippen LogP) is 2.08. The summed E-state index contributed by atoms with van der Waals surface area (Å²) in [5.41, 5.74) is 2.38. The minimum absolute atomic E-state index is 0.127. The maximum Gasteiger partial charge on any atom is 0.410 e. The topological polar surface area (TPSA) is 55.3 Å². The van der Waals surface area contributed by atoms with Crippen molar-refractivity contribution in [3.05, 3.63) is 23.5 Å². The molecule has 1 amide bonds. The van der Waals surface area contributed by atoms with Crippen LogP contribution in [0, 0.1) is 0 Å². The maximum atomic E-state index is 12.1. The molecule has 0 saturated carbocycles. The SMILES string of the molecule is CCOC(=O)N1[C@@H]2CCc3cnncc3[C@H]1CC2. The molecule has 0 aliphatic carbocycles. The van der Waals surface area contributed by atoms with Crippen LogP contribution in [0.4, 0.5) is 4.79 Å². The van der Waals surface area contributed by atoms with Gasteiger partial charge in [0, 0.05) is 6.04 Å². The Bertz CT molecular complexity index is 463. The van der Waals surface area contributed by atoms with E-state index < -0.39 is 0 Å². The minimum Gasteiger partial charge on any atom is -0.450 e. The number of aromatic nitrogens is 2. The van der Waals surface area contributed by atoms with Crippen LogP contribution in [-0.2, 0) is 11.2 Å². The normalized spacial score (nSPS) is 25.5. The van der Waals surface area contributed by atoms with E-state index in [1.165, 1.54) is 5.56 Å². The van der Waals surface area contributed by atoms with Crippen LogP contribution in [0.3, 0.4) is 0 Å². The second-order valence-corrected chi connectivity index (χ2v) is 4.86. The number of carbonyl (C=O) groups is 1. The smallest absolute Gasteiger partial charge is 0.410 e. The summed E-state index contributed by atoms with van der Waals surface area (Å²) in [6.07, 6.45) is 7.48. The van der Waals surface area contributed by atoms with E-state index in [0.29, 0.717) is 12.6 Å². The number of ether oxygens (including phenoxy) is 1. The van der Waals surface area contributed by atoms with Crippen LogP contribution in [0.5, 0.6) is 0 Å². The summed E-state index contributed by atoms with van der Waals surface area (Å²) < 4.78 is 5.18. The number of hydrogen-bond donors (Lipinski definition) is 0. The summed E-state index contributed by atoms with van der Waals surface area (Å²) in [6.45, 7) is 2.27. The molecule has 0 aromatic carbocycles. The third-order valence-corrected chi connectivity index (χ3v) is 3.93. The van der Waals surface area contributed by atoms with Gasteiger partial charge in [-0.25, -0.2) is 4.79 Å². The van der Waals surface area contributed by atoms with Gasteiger partial charge >= 0.3 is 6.09 Å². The van der Waals surface area contributed by atoms with Gasteiger partial charge in [-0.05, 0) is 43.7 Å². The minimum atomic E-state index is -0.185. The van der Waals surface area contributed by atoms with E-state index in [2.05, 4.69) is 10.2 Å². The highest BCUT2D eigenvalue weighted by Gasteiger charge is 2.41. The first-order chi connectivity index (χ1) is 8.81. The van der Waals surface area contributed by atoms with Gasteiger partial charge in [0.2, 0.25) is 0 Å². The number of aryl methyl sites for hydroxylation is 1. The van der Waals surface area contributed by atoms with Crippen molar-refractivity contribution in [2.24, 2.45) is 0 Å². The zero-order valence-electron chi connectivity index (χ0n) is 10.5. The number of hydrogen-bond acceptors (Lipinski definition) is 4. The molecule has 2 bridgehead atoms. The van der Waals surface area contributed by atoms with Gasteiger partial charge < -0.3 is 4.74 Å². The third-order valence-electron chi connectivity index (χ3n) is 3.93. The van der Waals surface area contributed by atoms with Crippen molar-refractivity contribution in [1.82, 2.24) is 15.1 Å². The lowest BCUT2D eigenvalue weighted by Crippen LogP contribution is -2.36. The fourth-order valence-corrected chi connectivity index (χ4v) is 3.13. The highest BCUT2D eigenvalue weighted by atomic mass is 16.6. The molecule has 0 N–H and O–H groups in total. The molecule has 2 atom stereocenters. The first-order valence-electron chi connectivity index (χ1n) is 6.55. The quantitative estimate of drug-likeness (QED) is 0.762. The average molecular weight is 247 g/mol. The Morgan fingerprint density at radius 3 is 3.06 bits per heavy atom. The van der Waals surface area contributed by atoms with Crippen molar-refractivity contribution in [2.45, 2.75) is 44.7 Å². The van der Waals surface area contributed by atoms with Gasteiger partial charge in [-0.1, -0.05) is 0 Å². The van der Waals surface area contributed by atoms with Crippen LogP contribution in [0.25, 0.3) is 0 Å². The molecule has 96 valence electrons. The lowest BCUT2D eigenvalue weighted by molar-refractivity contribution is 0.0878. The molecular formula is C13H17N3O2. The number of fused-ring (bicyclic) bond motifs is 4. The van der Waals surface area contributed by atoms with E-state index in [-0.39, 0.29) is 12.1 Å². The zero-order chi connectivity index (χ0) is 12.5. The Morgan fingerprint density at radius 2 is 2.22 bits per heavy atom. The van der Waals surface area contributed by atoms with Crippen molar-refractivity contribution in [2.75, 3.05) is 6.61 Å². The lowest BCUT2D eigenvalue weighted by Gasteiger charge is -2.27. The third kappa shape index (κ3) is 1.74. The van der Waals surface area contributed by atoms with Gasteiger partial charge in [-0.2, -0.15) is 10.2 Å². The van der Waals surface area contributed by atoms with Crippen LogP contribution in [0.2, 0.25) is 0 Å². The molecule has 1 aromatic heterocycles. The molecule has 1 aromatic rings. The van der Waals surface area contributed by atoms with E-state index >= 15 is 0 Å². The first-order valence-corrected chi connectivity index (χ1v) is 6.55. The Hall–Kier alpha value is -1.65. The fourth-order valence-electron chi connectivity index (χ4n) is 3.13. The van der Waals surface area contributed by atoms with Crippen LogP contribution in [-0.4, -0.2) is 33.8 Å². The second kappa shape index (κ2) is 4.55. The molecule has 5 nitrogen and oxygen atoms in total. The van der Waals surface area contributed by atoms with Gasteiger partial charge in [0.1, 0.15) is 0 Å². The van der Waals surface area contributed by atoms with Crippen LogP contribution in [0.1, 0.15) is 43.4 Å². The van der Waals surface area contributed by atoms with E-state index in [1.807, 2.05) is 18.0 Å². The molecular weight excluding hydrogens is 230 g/mol. The summed E-state index contributed by atoms with van der Waals surface area (Å²) in [4.78, 5) is 14.0. The van der Waals surface area contributed by atoms with E-state index in [9.17, 15) is 4.79 Å². The summed E-state index contributed by atoms with van der Waals surface area (Å²) in [5, 5.41) is 7.91.